The van der Waals surface area contributed by atoms with E-state index in [1.165, 1.54) is 6.07 Å². The number of nitrogens with zero attached hydrogens (tertiary/aromatic N) is 3. The Morgan fingerprint density at radius 2 is 1.88 bits per heavy atom. The van der Waals surface area contributed by atoms with Crippen LogP contribution in [0.25, 0.3) is 11.3 Å². The topological polar surface area (TPSA) is 111 Å². The molecule has 5 rings (SSSR count). The molecule has 3 heterocycles. The lowest BCUT2D eigenvalue weighted by atomic mass is 9.73. The third-order valence-corrected chi connectivity index (χ3v) is 7.99. The summed E-state index contributed by atoms with van der Waals surface area (Å²) in [6, 6.07) is 8.24. The SMILES string of the molecule is C[C@H]1C[C@@H](c2ccncc2CC(=O)c2ccc(F)c(-c3c(F)cc(C4COC4)cc3F)n2)C[C@@H](N)[C@H]1OCCC#N. The molecule has 1 aliphatic heterocycles. The number of ketones is 1. The lowest BCUT2D eigenvalue weighted by molar-refractivity contribution is -0.0199. The Morgan fingerprint density at radius 1 is 1.12 bits per heavy atom. The monoisotopic (exact) mass is 564 g/mol. The number of benzene rings is 1. The number of aromatic nitrogens is 2. The number of ether oxygens (including phenoxy) is 2. The van der Waals surface area contributed by atoms with Crippen molar-refractivity contribution < 1.29 is 27.4 Å². The van der Waals surface area contributed by atoms with Gasteiger partial charge >= 0.3 is 0 Å². The zero-order valence-electron chi connectivity index (χ0n) is 22.7. The van der Waals surface area contributed by atoms with Crippen molar-refractivity contribution in [2.45, 2.75) is 56.6 Å². The lowest BCUT2D eigenvalue weighted by Gasteiger charge is -2.39. The van der Waals surface area contributed by atoms with Gasteiger partial charge in [0, 0.05) is 30.8 Å². The fourth-order valence-electron chi connectivity index (χ4n) is 5.85. The molecule has 0 unspecified atom stereocenters. The van der Waals surface area contributed by atoms with E-state index in [0.29, 0.717) is 43.8 Å². The molecule has 2 N–H and O–H groups in total. The Balaban J connectivity index is 1.36. The molecule has 10 heteroatoms. The second-order valence-corrected chi connectivity index (χ2v) is 10.8. The van der Waals surface area contributed by atoms with Crippen LogP contribution in [0.4, 0.5) is 13.2 Å². The zero-order valence-corrected chi connectivity index (χ0v) is 22.7. The van der Waals surface area contributed by atoms with Crippen LogP contribution in [0, 0.1) is 34.7 Å². The van der Waals surface area contributed by atoms with Crippen molar-refractivity contribution in [3.05, 3.63) is 82.6 Å². The highest BCUT2D eigenvalue weighted by molar-refractivity contribution is 5.96. The van der Waals surface area contributed by atoms with E-state index in [0.717, 1.165) is 30.2 Å². The molecule has 1 saturated carbocycles. The van der Waals surface area contributed by atoms with Crippen molar-refractivity contribution in [3.8, 4) is 17.3 Å². The molecule has 0 radical (unpaired) electrons. The Bertz CT molecular complexity index is 1440. The summed E-state index contributed by atoms with van der Waals surface area (Å²) < 4.78 is 55.7. The maximum absolute atomic E-state index is 15.0. The smallest absolute Gasteiger partial charge is 0.185 e. The predicted octanol–water partition coefficient (Wildman–Crippen LogP) is 5.24. The van der Waals surface area contributed by atoms with Gasteiger partial charge in [-0.15, -0.1) is 0 Å². The van der Waals surface area contributed by atoms with Crippen LogP contribution in [0.5, 0.6) is 0 Å². The largest absolute Gasteiger partial charge is 0.380 e. The number of hydrogen-bond acceptors (Lipinski definition) is 7. The van der Waals surface area contributed by atoms with Crippen LogP contribution < -0.4 is 5.73 Å². The zero-order chi connectivity index (χ0) is 29.1. The normalized spacial score (nSPS) is 22.6. The number of pyridine rings is 2. The minimum atomic E-state index is -0.949. The number of nitriles is 1. The van der Waals surface area contributed by atoms with E-state index < -0.39 is 34.5 Å². The molecule has 0 spiro atoms. The Morgan fingerprint density at radius 3 is 2.54 bits per heavy atom. The molecule has 1 aromatic carbocycles. The first-order valence-electron chi connectivity index (χ1n) is 13.7. The van der Waals surface area contributed by atoms with E-state index in [4.69, 9.17) is 20.5 Å². The van der Waals surface area contributed by atoms with Gasteiger partial charge in [-0.05, 0) is 71.7 Å². The van der Waals surface area contributed by atoms with Gasteiger partial charge < -0.3 is 15.2 Å². The molecule has 41 heavy (non-hydrogen) atoms. The number of nitrogens with two attached hydrogens (primary N) is 1. The van der Waals surface area contributed by atoms with Crippen molar-refractivity contribution in [3.63, 3.8) is 0 Å². The highest BCUT2D eigenvalue weighted by Crippen LogP contribution is 2.39. The highest BCUT2D eigenvalue weighted by atomic mass is 19.1. The maximum atomic E-state index is 15.0. The Kier molecular flexibility index (Phi) is 8.78. The Labute approximate surface area is 236 Å². The molecule has 1 aliphatic carbocycles. The van der Waals surface area contributed by atoms with Gasteiger partial charge in [0.25, 0.3) is 0 Å². The summed E-state index contributed by atoms with van der Waals surface area (Å²) in [7, 11) is 0. The van der Waals surface area contributed by atoms with Gasteiger partial charge in [-0.25, -0.2) is 18.2 Å². The van der Waals surface area contributed by atoms with Gasteiger partial charge in [0.2, 0.25) is 0 Å². The highest BCUT2D eigenvalue weighted by Gasteiger charge is 2.36. The number of carbonyl (C=O) groups is 1. The summed E-state index contributed by atoms with van der Waals surface area (Å²) in [6.45, 7) is 3.13. The molecule has 0 bridgehead atoms. The minimum absolute atomic E-state index is 0.0566. The summed E-state index contributed by atoms with van der Waals surface area (Å²) in [4.78, 5) is 21.6. The molecule has 3 aromatic rings. The average molecular weight is 565 g/mol. The first kappa shape index (κ1) is 28.9. The number of Topliss-reactive ketones (excluding diaryl/α,β-unsaturated/α-hetero) is 1. The molecule has 214 valence electrons. The average Bonchev–Trinajstić information content (AvgIpc) is 2.90. The van der Waals surface area contributed by atoms with E-state index >= 15 is 0 Å². The summed E-state index contributed by atoms with van der Waals surface area (Å²) in [5.74, 6) is -3.19. The van der Waals surface area contributed by atoms with E-state index in [-0.39, 0.29) is 42.0 Å². The van der Waals surface area contributed by atoms with Crippen LogP contribution in [0.1, 0.15) is 65.2 Å². The molecule has 4 atom stereocenters. The van der Waals surface area contributed by atoms with Crippen LogP contribution in [-0.2, 0) is 15.9 Å². The molecule has 1 saturated heterocycles. The van der Waals surface area contributed by atoms with Gasteiger partial charge in [-0.1, -0.05) is 6.92 Å². The van der Waals surface area contributed by atoms with Crippen molar-refractivity contribution >= 4 is 5.78 Å². The third-order valence-electron chi connectivity index (χ3n) is 7.99. The van der Waals surface area contributed by atoms with Gasteiger partial charge in [-0.2, -0.15) is 5.26 Å². The molecule has 7 nitrogen and oxygen atoms in total. The maximum Gasteiger partial charge on any atom is 0.185 e. The van der Waals surface area contributed by atoms with Crippen LogP contribution in [0.15, 0.2) is 42.7 Å². The van der Waals surface area contributed by atoms with E-state index in [9.17, 15) is 18.0 Å². The second kappa shape index (κ2) is 12.5. The number of halogens is 3. The molecule has 2 aliphatic rings. The van der Waals surface area contributed by atoms with Gasteiger partial charge in [-0.3, -0.25) is 9.78 Å². The van der Waals surface area contributed by atoms with E-state index in [1.54, 1.807) is 12.4 Å². The molecule has 2 aromatic heterocycles. The summed E-state index contributed by atoms with van der Waals surface area (Å²) in [5, 5.41) is 8.80. The fraction of sp³-hybridized carbons (Fsp3) is 0.419. The van der Waals surface area contributed by atoms with Crippen molar-refractivity contribution in [1.82, 2.24) is 9.97 Å². The van der Waals surface area contributed by atoms with Crippen LogP contribution in [-0.4, -0.2) is 47.7 Å². The van der Waals surface area contributed by atoms with Crippen molar-refractivity contribution in [2.75, 3.05) is 19.8 Å². The predicted molar refractivity (Wildman–Crippen MR) is 144 cm³/mol. The second-order valence-electron chi connectivity index (χ2n) is 10.8. The summed E-state index contributed by atoms with van der Waals surface area (Å²) >= 11 is 0. The van der Waals surface area contributed by atoms with Gasteiger partial charge in [0.1, 0.15) is 28.8 Å². The van der Waals surface area contributed by atoms with Crippen molar-refractivity contribution in [2.24, 2.45) is 11.7 Å². The Hall–Kier alpha value is -3.65. The van der Waals surface area contributed by atoms with Crippen molar-refractivity contribution in [1.29, 1.82) is 5.26 Å². The van der Waals surface area contributed by atoms with E-state index in [2.05, 4.69) is 23.0 Å². The van der Waals surface area contributed by atoms with Gasteiger partial charge in [0.05, 0.1) is 44.0 Å². The number of rotatable bonds is 9. The minimum Gasteiger partial charge on any atom is -0.380 e. The number of carbonyl (C=O) groups excluding carboxylic acids is 1. The lowest BCUT2D eigenvalue weighted by Crippen LogP contribution is -2.46. The van der Waals surface area contributed by atoms with E-state index in [1.807, 2.05) is 6.07 Å². The third kappa shape index (κ3) is 6.17. The quantitative estimate of drug-likeness (QED) is 0.280. The first-order chi connectivity index (χ1) is 19.8. The molecular weight excluding hydrogens is 533 g/mol. The first-order valence-corrected chi connectivity index (χ1v) is 13.7. The summed E-state index contributed by atoms with van der Waals surface area (Å²) in [6.07, 6.45) is 4.75. The molecule has 2 fully saturated rings. The van der Waals surface area contributed by atoms with Gasteiger partial charge in [0.15, 0.2) is 5.78 Å². The standard InChI is InChI=1S/C31H31F3N4O3/c1-17-9-19(12-26(36)31(17)41-8-2-6-35)22-5-7-37-14-20(22)13-28(39)27-4-3-23(32)30(38-27)29-24(33)10-18(11-25(29)34)21-15-40-16-21/h3-5,7,10-11,14,17,19,21,26,31H,2,8-9,12-13,15-16,36H2,1H3/t17-,19+,26+,31-/m0/s1. The molecular formula is C31H31F3N4O3. The fourth-order valence-corrected chi connectivity index (χ4v) is 5.85. The van der Waals surface area contributed by atoms with Crippen LogP contribution in [0.2, 0.25) is 0 Å². The molecule has 0 amide bonds. The number of hydrogen-bond donors (Lipinski definition) is 1. The summed E-state index contributed by atoms with van der Waals surface area (Å²) in [5.41, 5.74) is 7.25. The van der Waals surface area contributed by atoms with Crippen LogP contribution in [0.3, 0.4) is 0 Å². The van der Waals surface area contributed by atoms with Crippen LogP contribution >= 0.6 is 0 Å².